The fourth-order valence-corrected chi connectivity index (χ4v) is 1.48. The lowest BCUT2D eigenvalue weighted by Gasteiger charge is -1.99. The van der Waals surface area contributed by atoms with Crippen molar-refractivity contribution in [2.75, 3.05) is 0 Å². The van der Waals surface area contributed by atoms with Gasteiger partial charge in [0.15, 0.2) is 5.22 Å². The van der Waals surface area contributed by atoms with E-state index in [4.69, 9.17) is 27.6 Å². The Morgan fingerprint density at radius 1 is 1.29 bits per heavy atom. The molecule has 0 saturated heterocycles. The van der Waals surface area contributed by atoms with Gasteiger partial charge in [0.2, 0.25) is 0 Å². The van der Waals surface area contributed by atoms with E-state index >= 15 is 0 Å². The van der Waals surface area contributed by atoms with E-state index in [1.807, 2.05) is 0 Å². The van der Waals surface area contributed by atoms with Crippen molar-refractivity contribution in [3.63, 3.8) is 0 Å². The highest BCUT2D eigenvalue weighted by Crippen LogP contribution is 2.28. The second-order valence-corrected chi connectivity index (χ2v) is 3.46. The third-order valence-electron chi connectivity index (χ3n) is 1.70. The van der Waals surface area contributed by atoms with Crippen LogP contribution >= 0.6 is 23.2 Å². The number of hydrogen-bond donors (Lipinski definition) is 0. The first-order valence-electron chi connectivity index (χ1n) is 3.91. The van der Waals surface area contributed by atoms with E-state index < -0.39 is 0 Å². The van der Waals surface area contributed by atoms with E-state index in [9.17, 15) is 0 Å². The van der Waals surface area contributed by atoms with Gasteiger partial charge in [0.05, 0.1) is 5.56 Å². The molecule has 0 aliphatic rings. The minimum Gasteiger partial charge on any atom is -0.445 e. The smallest absolute Gasteiger partial charge is 0.193 e. The van der Waals surface area contributed by atoms with E-state index in [0.29, 0.717) is 27.5 Å². The van der Waals surface area contributed by atoms with Gasteiger partial charge in [-0.05, 0) is 30.7 Å². The number of furan rings is 1. The van der Waals surface area contributed by atoms with Gasteiger partial charge >= 0.3 is 0 Å². The van der Waals surface area contributed by atoms with Gasteiger partial charge in [-0.3, -0.25) is 0 Å². The van der Waals surface area contributed by atoms with Crippen molar-refractivity contribution in [3.05, 3.63) is 34.5 Å². The summed E-state index contributed by atoms with van der Waals surface area (Å²) in [6.07, 6.45) is 1.61. The van der Waals surface area contributed by atoms with Crippen LogP contribution in [0.1, 0.15) is 5.82 Å². The Bertz CT molecular complexity index is 468. The zero-order valence-electron chi connectivity index (χ0n) is 7.29. The largest absolute Gasteiger partial charge is 0.445 e. The van der Waals surface area contributed by atoms with Crippen molar-refractivity contribution in [1.82, 2.24) is 9.97 Å². The van der Waals surface area contributed by atoms with Gasteiger partial charge in [0.25, 0.3) is 0 Å². The van der Waals surface area contributed by atoms with Crippen LogP contribution in [0.2, 0.25) is 10.4 Å². The van der Waals surface area contributed by atoms with E-state index in [-0.39, 0.29) is 0 Å². The standard InChI is InChI=1S/C9H6Cl2N2O/c1-5-12-4-6(9(11)13-5)7-2-3-8(10)14-7/h2-4H,1H3. The first-order chi connectivity index (χ1) is 6.66. The van der Waals surface area contributed by atoms with Gasteiger partial charge < -0.3 is 4.42 Å². The van der Waals surface area contributed by atoms with Gasteiger partial charge in [0.1, 0.15) is 16.7 Å². The molecule has 0 aliphatic carbocycles. The summed E-state index contributed by atoms with van der Waals surface area (Å²) in [6, 6.07) is 3.37. The second-order valence-electron chi connectivity index (χ2n) is 2.73. The summed E-state index contributed by atoms with van der Waals surface area (Å²) in [7, 11) is 0. The monoisotopic (exact) mass is 228 g/mol. The number of aromatic nitrogens is 2. The molecule has 0 spiro atoms. The Morgan fingerprint density at radius 2 is 2.07 bits per heavy atom. The molecule has 0 unspecified atom stereocenters. The predicted octanol–water partition coefficient (Wildman–Crippen LogP) is 3.35. The van der Waals surface area contributed by atoms with Crippen molar-refractivity contribution < 1.29 is 4.42 Å². The zero-order chi connectivity index (χ0) is 10.1. The maximum absolute atomic E-state index is 5.92. The molecule has 72 valence electrons. The van der Waals surface area contributed by atoms with Crippen molar-refractivity contribution >= 4 is 23.2 Å². The first-order valence-corrected chi connectivity index (χ1v) is 4.67. The van der Waals surface area contributed by atoms with Crippen LogP contribution in [0.3, 0.4) is 0 Å². The molecular formula is C9H6Cl2N2O. The van der Waals surface area contributed by atoms with Gasteiger partial charge in [-0.15, -0.1) is 0 Å². The molecule has 0 saturated carbocycles. The Labute approximate surface area is 90.7 Å². The van der Waals surface area contributed by atoms with Gasteiger partial charge in [-0.1, -0.05) is 11.6 Å². The minimum atomic E-state index is 0.316. The minimum absolute atomic E-state index is 0.316. The molecule has 0 radical (unpaired) electrons. The lowest BCUT2D eigenvalue weighted by molar-refractivity contribution is 0.583. The topological polar surface area (TPSA) is 38.9 Å². The number of halogens is 2. The normalized spacial score (nSPS) is 10.5. The molecule has 14 heavy (non-hydrogen) atoms. The van der Waals surface area contributed by atoms with Gasteiger partial charge in [0, 0.05) is 6.20 Å². The van der Waals surface area contributed by atoms with Crippen LogP contribution in [-0.4, -0.2) is 9.97 Å². The molecule has 3 nitrogen and oxygen atoms in total. The van der Waals surface area contributed by atoms with E-state index in [2.05, 4.69) is 9.97 Å². The van der Waals surface area contributed by atoms with E-state index in [1.54, 1.807) is 25.3 Å². The SMILES string of the molecule is Cc1ncc(-c2ccc(Cl)o2)c(Cl)n1. The molecule has 0 bridgehead atoms. The van der Waals surface area contributed by atoms with Gasteiger partial charge in [-0.2, -0.15) is 0 Å². The third-order valence-corrected chi connectivity index (χ3v) is 2.19. The van der Waals surface area contributed by atoms with Crippen LogP contribution in [0.4, 0.5) is 0 Å². The van der Waals surface area contributed by atoms with Crippen molar-refractivity contribution in [3.8, 4) is 11.3 Å². The fourth-order valence-electron chi connectivity index (χ4n) is 1.07. The van der Waals surface area contributed by atoms with E-state index in [1.165, 1.54) is 0 Å². The highest BCUT2D eigenvalue weighted by molar-refractivity contribution is 6.32. The Hall–Kier alpha value is -1.06. The summed E-state index contributed by atoms with van der Waals surface area (Å²) >= 11 is 11.6. The Morgan fingerprint density at radius 3 is 2.64 bits per heavy atom. The predicted molar refractivity (Wildman–Crippen MR) is 54.5 cm³/mol. The lowest BCUT2D eigenvalue weighted by Crippen LogP contribution is -1.89. The maximum atomic E-state index is 5.92. The molecular weight excluding hydrogens is 223 g/mol. The molecule has 2 aromatic heterocycles. The Balaban J connectivity index is 2.52. The number of hydrogen-bond acceptors (Lipinski definition) is 3. The van der Waals surface area contributed by atoms with E-state index in [0.717, 1.165) is 0 Å². The van der Waals surface area contributed by atoms with Crippen LogP contribution in [0, 0.1) is 6.92 Å². The Kier molecular flexibility index (Phi) is 2.44. The summed E-state index contributed by atoms with van der Waals surface area (Å²) in [6.45, 7) is 1.77. The summed E-state index contributed by atoms with van der Waals surface area (Å²) in [5.74, 6) is 1.19. The number of nitrogens with zero attached hydrogens (tertiary/aromatic N) is 2. The van der Waals surface area contributed by atoms with Crippen molar-refractivity contribution in [2.24, 2.45) is 0 Å². The lowest BCUT2D eigenvalue weighted by atomic mass is 10.3. The van der Waals surface area contributed by atoms with Crippen LogP contribution in [-0.2, 0) is 0 Å². The van der Waals surface area contributed by atoms with Crippen LogP contribution in [0.25, 0.3) is 11.3 Å². The summed E-state index contributed by atoms with van der Waals surface area (Å²) in [5.41, 5.74) is 0.643. The highest BCUT2D eigenvalue weighted by Gasteiger charge is 2.09. The number of rotatable bonds is 1. The molecule has 0 N–H and O–H groups in total. The molecule has 0 amide bonds. The highest BCUT2D eigenvalue weighted by atomic mass is 35.5. The molecule has 2 rings (SSSR count). The molecule has 0 aliphatic heterocycles. The van der Waals surface area contributed by atoms with Crippen LogP contribution in [0.15, 0.2) is 22.7 Å². The first kappa shape index (κ1) is 9.49. The molecule has 0 aromatic carbocycles. The summed E-state index contributed by atoms with van der Waals surface area (Å²) in [5, 5.41) is 0.681. The fraction of sp³-hybridized carbons (Fsp3) is 0.111. The zero-order valence-corrected chi connectivity index (χ0v) is 8.80. The average Bonchev–Trinajstić information content (AvgIpc) is 2.51. The average molecular weight is 229 g/mol. The summed E-state index contributed by atoms with van der Waals surface area (Å²) in [4.78, 5) is 8.04. The van der Waals surface area contributed by atoms with Crippen molar-refractivity contribution in [1.29, 1.82) is 0 Å². The second kappa shape index (κ2) is 3.59. The maximum Gasteiger partial charge on any atom is 0.193 e. The van der Waals surface area contributed by atoms with Gasteiger partial charge in [-0.25, -0.2) is 9.97 Å². The van der Waals surface area contributed by atoms with Crippen molar-refractivity contribution in [2.45, 2.75) is 6.92 Å². The quantitative estimate of drug-likeness (QED) is 0.703. The molecule has 5 heteroatoms. The molecule has 0 atom stereocenters. The van der Waals surface area contributed by atoms with Crippen LogP contribution in [0.5, 0.6) is 0 Å². The summed E-state index contributed by atoms with van der Waals surface area (Å²) < 4.78 is 5.19. The third kappa shape index (κ3) is 1.74. The van der Waals surface area contributed by atoms with Crippen LogP contribution < -0.4 is 0 Å². The molecule has 2 heterocycles. The number of aryl methyl sites for hydroxylation is 1. The molecule has 0 fully saturated rings. The molecule has 2 aromatic rings.